The lowest BCUT2D eigenvalue weighted by Crippen LogP contribution is -2.40. The zero-order valence-corrected chi connectivity index (χ0v) is 10.4. The minimum atomic E-state index is -0.893. The van der Waals surface area contributed by atoms with Crippen LogP contribution in [0.15, 0.2) is 0 Å². The molecule has 16 heavy (non-hydrogen) atoms. The summed E-state index contributed by atoms with van der Waals surface area (Å²) in [5.41, 5.74) is 0. The molecule has 2 N–H and O–H groups in total. The predicted octanol–water partition coefficient (Wildman–Crippen LogP) is -0.383. The number of urea groups is 1. The molecule has 0 fully saturated rings. The summed E-state index contributed by atoms with van der Waals surface area (Å²) in [7, 11) is -0.893. The van der Waals surface area contributed by atoms with Crippen LogP contribution in [0.2, 0.25) is 0 Å². The number of ether oxygens (including phenoxy) is 1. The molecule has 94 valence electrons. The van der Waals surface area contributed by atoms with Gasteiger partial charge in [0, 0.05) is 28.9 Å². The Hall–Kier alpha value is -1.11. The van der Waals surface area contributed by atoms with Crippen molar-refractivity contribution in [1.29, 1.82) is 0 Å². The highest BCUT2D eigenvalue weighted by molar-refractivity contribution is 7.84. The summed E-state index contributed by atoms with van der Waals surface area (Å²) in [5, 5.41) is 4.83. The Morgan fingerprint density at radius 3 is 2.50 bits per heavy atom. The van der Waals surface area contributed by atoms with Crippen LogP contribution >= 0.6 is 0 Å². The average Bonchev–Trinajstić information content (AvgIpc) is 2.26. The van der Waals surface area contributed by atoms with Gasteiger partial charge in [0.2, 0.25) is 0 Å². The Labute approximate surface area is 97.6 Å². The molecule has 1 atom stereocenters. The summed E-state index contributed by atoms with van der Waals surface area (Å²) >= 11 is 0. The van der Waals surface area contributed by atoms with Crippen molar-refractivity contribution in [3.63, 3.8) is 0 Å². The van der Waals surface area contributed by atoms with Crippen LogP contribution in [-0.4, -0.2) is 47.4 Å². The van der Waals surface area contributed by atoms with Crippen LogP contribution in [0.4, 0.5) is 4.79 Å². The van der Waals surface area contributed by atoms with Gasteiger partial charge in [-0.3, -0.25) is 9.00 Å². The first-order valence-corrected chi connectivity index (χ1v) is 6.61. The van der Waals surface area contributed by atoms with Gasteiger partial charge in [-0.2, -0.15) is 0 Å². The number of esters is 1. The number of nitrogens with one attached hydrogen (secondary N) is 2. The molecule has 0 saturated heterocycles. The Bertz CT molecular complexity index is 258. The molecule has 0 aromatic heterocycles. The fourth-order valence-electron chi connectivity index (χ4n) is 0.850. The average molecular weight is 250 g/mol. The summed E-state index contributed by atoms with van der Waals surface area (Å²) in [6.07, 6.45) is 0. The van der Waals surface area contributed by atoms with Gasteiger partial charge in [0.25, 0.3) is 0 Å². The standard InChI is InChI=1S/C9H18N2O4S/c1-3-15-8(12)7-11-9(13)10-5-6-16(14)4-2/h3-7H2,1-2H3,(H2,10,11,13). The second kappa shape index (κ2) is 9.14. The molecule has 0 aromatic rings. The number of hydrogen-bond donors (Lipinski definition) is 2. The molecule has 2 amide bonds. The van der Waals surface area contributed by atoms with Gasteiger partial charge in [0.15, 0.2) is 0 Å². The Morgan fingerprint density at radius 1 is 1.25 bits per heavy atom. The summed E-state index contributed by atoms with van der Waals surface area (Å²) in [4.78, 5) is 22.0. The van der Waals surface area contributed by atoms with Crippen molar-refractivity contribution in [2.45, 2.75) is 13.8 Å². The predicted molar refractivity (Wildman–Crippen MR) is 61.6 cm³/mol. The van der Waals surface area contributed by atoms with E-state index in [9.17, 15) is 13.8 Å². The van der Waals surface area contributed by atoms with Crippen molar-refractivity contribution in [3.8, 4) is 0 Å². The summed E-state index contributed by atoms with van der Waals surface area (Å²) in [5.74, 6) is 0.518. The highest BCUT2D eigenvalue weighted by Gasteiger charge is 2.05. The maximum absolute atomic E-state index is 11.1. The first-order valence-electron chi connectivity index (χ1n) is 5.12. The largest absolute Gasteiger partial charge is 0.465 e. The second-order valence-corrected chi connectivity index (χ2v) is 4.71. The lowest BCUT2D eigenvalue weighted by atomic mass is 10.6. The number of rotatable bonds is 7. The molecule has 0 aliphatic rings. The fourth-order valence-corrected chi connectivity index (χ4v) is 1.47. The van der Waals surface area contributed by atoms with E-state index in [0.29, 0.717) is 18.1 Å². The highest BCUT2D eigenvalue weighted by atomic mass is 32.2. The van der Waals surface area contributed by atoms with Crippen LogP contribution in [0.25, 0.3) is 0 Å². The molecule has 1 unspecified atom stereocenters. The van der Waals surface area contributed by atoms with E-state index in [-0.39, 0.29) is 13.2 Å². The van der Waals surface area contributed by atoms with Crippen LogP contribution in [0.5, 0.6) is 0 Å². The van der Waals surface area contributed by atoms with Crippen LogP contribution < -0.4 is 10.6 Å². The van der Waals surface area contributed by atoms with Gasteiger partial charge in [-0.25, -0.2) is 4.79 Å². The van der Waals surface area contributed by atoms with Crippen molar-refractivity contribution < 1.29 is 18.5 Å². The normalized spacial score (nSPS) is 11.6. The second-order valence-electron chi connectivity index (χ2n) is 2.85. The van der Waals surface area contributed by atoms with E-state index in [4.69, 9.17) is 0 Å². The number of carbonyl (C=O) groups is 2. The van der Waals surface area contributed by atoms with Gasteiger partial charge >= 0.3 is 12.0 Å². The van der Waals surface area contributed by atoms with E-state index in [0.717, 1.165) is 0 Å². The van der Waals surface area contributed by atoms with Gasteiger partial charge in [-0.15, -0.1) is 0 Å². The Kier molecular flexibility index (Phi) is 8.51. The SMILES string of the molecule is CCOC(=O)CNC(=O)NCCS(=O)CC. The van der Waals surface area contributed by atoms with Gasteiger partial charge < -0.3 is 15.4 Å². The fraction of sp³-hybridized carbons (Fsp3) is 0.778. The van der Waals surface area contributed by atoms with Gasteiger partial charge in [-0.1, -0.05) is 6.92 Å². The molecule has 0 aliphatic heterocycles. The molecule has 0 bridgehead atoms. The molecular formula is C9H18N2O4S. The highest BCUT2D eigenvalue weighted by Crippen LogP contribution is 1.79. The third-order valence-corrected chi connectivity index (χ3v) is 2.94. The number of amides is 2. The van der Waals surface area contributed by atoms with Crippen molar-refractivity contribution in [2.75, 3.05) is 31.2 Å². The minimum Gasteiger partial charge on any atom is -0.465 e. The zero-order chi connectivity index (χ0) is 12.4. The summed E-state index contributed by atoms with van der Waals surface area (Å²) < 4.78 is 15.6. The molecule has 0 aromatic carbocycles. The maximum atomic E-state index is 11.1. The van der Waals surface area contributed by atoms with Gasteiger partial charge in [0.1, 0.15) is 6.54 Å². The van der Waals surface area contributed by atoms with Crippen LogP contribution in [-0.2, 0) is 20.3 Å². The third-order valence-electron chi connectivity index (χ3n) is 1.64. The Morgan fingerprint density at radius 2 is 1.94 bits per heavy atom. The molecule has 0 heterocycles. The Balaban J connectivity index is 3.52. The van der Waals surface area contributed by atoms with E-state index in [1.807, 2.05) is 6.92 Å². The molecule has 7 heteroatoms. The van der Waals surface area contributed by atoms with Crippen molar-refractivity contribution in [2.24, 2.45) is 0 Å². The van der Waals surface area contributed by atoms with E-state index < -0.39 is 22.8 Å². The lowest BCUT2D eigenvalue weighted by Gasteiger charge is -2.06. The molecule has 0 spiro atoms. The topological polar surface area (TPSA) is 84.5 Å². The molecule has 0 aliphatic carbocycles. The van der Waals surface area contributed by atoms with E-state index in [2.05, 4.69) is 15.4 Å². The molecule has 0 radical (unpaired) electrons. The first kappa shape index (κ1) is 14.9. The molecular weight excluding hydrogens is 232 g/mol. The van der Waals surface area contributed by atoms with Crippen LogP contribution in [0, 0.1) is 0 Å². The first-order chi connectivity index (χ1) is 7.60. The smallest absolute Gasteiger partial charge is 0.325 e. The molecule has 0 rings (SSSR count). The van der Waals surface area contributed by atoms with E-state index in [1.165, 1.54) is 0 Å². The third kappa shape index (κ3) is 8.22. The van der Waals surface area contributed by atoms with Crippen LogP contribution in [0.1, 0.15) is 13.8 Å². The quantitative estimate of drug-likeness (QED) is 0.603. The molecule has 0 saturated carbocycles. The van der Waals surface area contributed by atoms with Crippen molar-refractivity contribution in [1.82, 2.24) is 10.6 Å². The maximum Gasteiger partial charge on any atom is 0.325 e. The van der Waals surface area contributed by atoms with Crippen LogP contribution in [0.3, 0.4) is 0 Å². The minimum absolute atomic E-state index is 0.156. The number of hydrogen-bond acceptors (Lipinski definition) is 4. The van der Waals surface area contributed by atoms with E-state index >= 15 is 0 Å². The lowest BCUT2D eigenvalue weighted by molar-refractivity contribution is -0.141. The van der Waals surface area contributed by atoms with Gasteiger partial charge in [-0.05, 0) is 6.92 Å². The van der Waals surface area contributed by atoms with E-state index in [1.54, 1.807) is 6.92 Å². The molecule has 6 nitrogen and oxygen atoms in total. The summed E-state index contributed by atoms with van der Waals surface area (Å²) in [6, 6.07) is -0.457. The monoisotopic (exact) mass is 250 g/mol. The van der Waals surface area contributed by atoms with Crippen molar-refractivity contribution >= 4 is 22.8 Å². The summed E-state index contributed by atoms with van der Waals surface area (Å²) in [6.45, 7) is 3.97. The zero-order valence-electron chi connectivity index (χ0n) is 9.58. The number of carbonyl (C=O) groups excluding carboxylic acids is 2. The van der Waals surface area contributed by atoms with Crippen molar-refractivity contribution in [3.05, 3.63) is 0 Å². The van der Waals surface area contributed by atoms with Gasteiger partial charge in [0.05, 0.1) is 6.61 Å².